The molecule has 1 aromatic carbocycles. The smallest absolute Gasteiger partial charge is 0.301 e. The number of fused-ring (bicyclic) bond motifs is 1. The molecule has 3 aromatic rings. The lowest BCUT2D eigenvalue weighted by molar-refractivity contribution is 0.0607. The summed E-state index contributed by atoms with van der Waals surface area (Å²) in [6.07, 6.45) is 7.54. The zero-order chi connectivity index (χ0) is 27.2. The second kappa shape index (κ2) is 10.4. The van der Waals surface area contributed by atoms with Crippen molar-refractivity contribution in [1.29, 1.82) is 0 Å². The minimum atomic E-state index is -3.81. The van der Waals surface area contributed by atoms with Crippen molar-refractivity contribution in [2.24, 2.45) is 5.73 Å². The normalized spacial score (nSPS) is 22.4. The molecule has 2 aromatic heterocycles. The number of nitrogens with one attached hydrogen (secondary N) is 1. The highest BCUT2D eigenvalue weighted by atomic mass is 35.5. The van der Waals surface area contributed by atoms with Crippen LogP contribution in [0.4, 0.5) is 5.69 Å². The lowest BCUT2D eigenvalue weighted by Crippen LogP contribution is -2.39. The number of carbonyl (C=O) groups excluding carboxylic acids is 1. The van der Waals surface area contributed by atoms with Crippen molar-refractivity contribution in [3.63, 3.8) is 0 Å². The van der Waals surface area contributed by atoms with E-state index in [1.807, 2.05) is 12.3 Å². The van der Waals surface area contributed by atoms with E-state index in [1.54, 1.807) is 15.5 Å². The number of likely N-dealkylation sites (tertiary alicyclic amines) is 1. The Labute approximate surface area is 228 Å². The van der Waals surface area contributed by atoms with Crippen molar-refractivity contribution in [3.8, 4) is 0 Å². The van der Waals surface area contributed by atoms with Crippen molar-refractivity contribution < 1.29 is 13.2 Å². The van der Waals surface area contributed by atoms with Gasteiger partial charge in [0, 0.05) is 49.9 Å². The topological polar surface area (TPSA) is 126 Å². The van der Waals surface area contributed by atoms with Crippen LogP contribution in [0.25, 0.3) is 5.65 Å². The van der Waals surface area contributed by atoms with E-state index in [0.29, 0.717) is 17.5 Å². The molecule has 0 spiro atoms. The molecule has 1 saturated heterocycles. The molecule has 10 nitrogen and oxygen atoms in total. The average Bonchev–Trinajstić information content (AvgIpc) is 3.49. The summed E-state index contributed by atoms with van der Waals surface area (Å²) in [6, 6.07) is 6.50. The van der Waals surface area contributed by atoms with Crippen molar-refractivity contribution in [2.75, 3.05) is 25.4 Å². The van der Waals surface area contributed by atoms with Gasteiger partial charge in [-0.25, -0.2) is 9.50 Å². The maximum absolute atomic E-state index is 13.9. The number of aryl methyl sites for hydroxylation is 1. The summed E-state index contributed by atoms with van der Waals surface area (Å²) in [5, 5.41) is 5.17. The summed E-state index contributed by atoms with van der Waals surface area (Å²) < 4.78 is 30.4. The van der Waals surface area contributed by atoms with Gasteiger partial charge in [0.05, 0.1) is 28.7 Å². The van der Waals surface area contributed by atoms with Crippen LogP contribution >= 0.6 is 11.6 Å². The van der Waals surface area contributed by atoms with E-state index in [1.165, 1.54) is 26.2 Å². The van der Waals surface area contributed by atoms with Gasteiger partial charge in [-0.3, -0.25) is 9.52 Å². The van der Waals surface area contributed by atoms with Crippen LogP contribution in [0.2, 0.25) is 5.02 Å². The van der Waals surface area contributed by atoms with Crippen molar-refractivity contribution in [3.05, 3.63) is 58.0 Å². The fourth-order valence-corrected chi connectivity index (χ4v) is 6.34. The lowest BCUT2D eigenvalue weighted by atomic mass is 9.98. The molecule has 38 heavy (non-hydrogen) atoms. The van der Waals surface area contributed by atoms with E-state index in [4.69, 9.17) is 27.4 Å². The van der Waals surface area contributed by atoms with E-state index in [2.05, 4.69) is 11.6 Å². The summed E-state index contributed by atoms with van der Waals surface area (Å²) in [6.45, 7) is 2.58. The van der Waals surface area contributed by atoms with Gasteiger partial charge in [0.2, 0.25) is 0 Å². The summed E-state index contributed by atoms with van der Waals surface area (Å²) in [4.78, 5) is 20.6. The Morgan fingerprint density at radius 2 is 1.97 bits per heavy atom. The first-order valence-electron chi connectivity index (χ1n) is 13.0. The van der Waals surface area contributed by atoms with Crippen LogP contribution in [0.1, 0.15) is 77.8 Å². The fraction of sp³-hybridized carbons (Fsp3) is 0.500. The third-order valence-corrected chi connectivity index (χ3v) is 9.26. The standard InChI is InChI=1S/C26H34ClN7O3S/c1-16-15-34-24(29-25(16)17-7-9-19(28)12-17)14-22(30-34)23-6-4-5-11-33(23)26(35)20-13-18(27)8-10-21(20)31-38(36,37)32(2)3/h8,10,13-15,17,19,23,31H,4-7,9,11-12,28H2,1-3H3/t17?,19-,23-/m0/s1. The number of amides is 1. The number of rotatable bonds is 6. The maximum Gasteiger partial charge on any atom is 0.301 e. The molecule has 1 saturated carbocycles. The van der Waals surface area contributed by atoms with Gasteiger partial charge in [0.1, 0.15) is 0 Å². The molecule has 204 valence electrons. The van der Waals surface area contributed by atoms with Gasteiger partial charge in [-0.1, -0.05) is 11.6 Å². The maximum atomic E-state index is 13.9. The molecule has 3 heterocycles. The molecule has 3 N–H and O–H groups in total. The molecule has 1 amide bonds. The molecular formula is C26H34ClN7O3S. The first-order chi connectivity index (χ1) is 18.0. The third kappa shape index (κ3) is 5.25. The second-order valence-electron chi connectivity index (χ2n) is 10.5. The van der Waals surface area contributed by atoms with Crippen LogP contribution in [-0.2, 0) is 10.2 Å². The number of piperidine rings is 1. The first kappa shape index (κ1) is 26.9. The van der Waals surface area contributed by atoms with Gasteiger partial charge in [-0.05, 0) is 69.2 Å². The first-order valence-corrected chi connectivity index (χ1v) is 14.8. The van der Waals surface area contributed by atoms with Crippen LogP contribution < -0.4 is 10.5 Å². The summed E-state index contributed by atoms with van der Waals surface area (Å²) in [5.41, 5.74) is 10.2. The fourth-order valence-electron chi connectivity index (χ4n) is 5.53. The molecule has 1 unspecified atom stereocenters. The molecule has 0 bridgehead atoms. The number of nitrogens with zero attached hydrogens (tertiary/aromatic N) is 5. The SMILES string of the molecule is Cc1cn2nc([C@@H]3CCCCN3C(=O)c3cc(Cl)ccc3NS(=O)(=O)N(C)C)cc2nc1C1CC[C@H](N)C1. The van der Waals surface area contributed by atoms with Crippen molar-refractivity contribution >= 4 is 39.1 Å². The number of nitrogens with two attached hydrogens (primary N) is 1. The predicted octanol–water partition coefficient (Wildman–Crippen LogP) is 3.87. The highest BCUT2D eigenvalue weighted by Crippen LogP contribution is 2.36. The van der Waals surface area contributed by atoms with Crippen LogP contribution in [0, 0.1) is 6.92 Å². The Bertz CT molecular complexity index is 1470. The number of aromatic nitrogens is 3. The number of benzene rings is 1. The molecular weight excluding hydrogens is 526 g/mol. The summed E-state index contributed by atoms with van der Waals surface area (Å²) in [7, 11) is -0.970. The second-order valence-corrected chi connectivity index (χ2v) is 12.9. The molecule has 2 fully saturated rings. The minimum absolute atomic E-state index is 0.184. The summed E-state index contributed by atoms with van der Waals surface area (Å²) in [5.74, 6) is 0.0591. The number of anilines is 1. The van der Waals surface area contributed by atoms with Gasteiger partial charge in [0.15, 0.2) is 5.65 Å². The molecule has 1 aliphatic carbocycles. The quantitative estimate of drug-likeness (QED) is 0.472. The zero-order valence-electron chi connectivity index (χ0n) is 21.9. The highest BCUT2D eigenvalue weighted by Gasteiger charge is 2.33. The predicted molar refractivity (Wildman–Crippen MR) is 148 cm³/mol. The van der Waals surface area contributed by atoms with Crippen molar-refractivity contribution in [1.82, 2.24) is 23.8 Å². The molecule has 0 radical (unpaired) electrons. The van der Waals surface area contributed by atoms with E-state index in [0.717, 1.165) is 65.4 Å². The number of halogens is 1. The lowest BCUT2D eigenvalue weighted by Gasteiger charge is -2.35. The van der Waals surface area contributed by atoms with Crippen molar-refractivity contribution in [2.45, 2.75) is 63.5 Å². The average molecular weight is 560 g/mol. The van der Waals surface area contributed by atoms with Gasteiger partial charge in [0.25, 0.3) is 5.91 Å². The van der Waals surface area contributed by atoms with Crippen LogP contribution in [0.3, 0.4) is 0 Å². The number of carbonyl (C=O) groups is 1. The van der Waals surface area contributed by atoms with Gasteiger partial charge < -0.3 is 10.6 Å². The molecule has 12 heteroatoms. The van der Waals surface area contributed by atoms with E-state index in [-0.39, 0.29) is 29.2 Å². The molecule has 2 aliphatic rings. The number of hydrogen-bond donors (Lipinski definition) is 2. The minimum Gasteiger partial charge on any atom is -0.330 e. The molecule has 1 aliphatic heterocycles. The van der Waals surface area contributed by atoms with Crippen LogP contribution in [-0.4, -0.2) is 64.8 Å². The van der Waals surface area contributed by atoms with Crippen LogP contribution in [0.5, 0.6) is 0 Å². The van der Waals surface area contributed by atoms with E-state index >= 15 is 0 Å². The Hall–Kier alpha value is -2.73. The van der Waals surface area contributed by atoms with Crippen LogP contribution in [0.15, 0.2) is 30.5 Å². The Morgan fingerprint density at radius 1 is 1.18 bits per heavy atom. The third-order valence-electron chi connectivity index (χ3n) is 7.59. The summed E-state index contributed by atoms with van der Waals surface area (Å²) >= 11 is 6.24. The van der Waals surface area contributed by atoms with E-state index in [9.17, 15) is 13.2 Å². The zero-order valence-corrected chi connectivity index (χ0v) is 23.5. The van der Waals surface area contributed by atoms with Gasteiger partial charge >= 0.3 is 10.2 Å². The molecule has 5 rings (SSSR count). The number of hydrogen-bond acceptors (Lipinski definition) is 6. The highest BCUT2D eigenvalue weighted by molar-refractivity contribution is 7.90. The Balaban J connectivity index is 1.48. The van der Waals surface area contributed by atoms with Gasteiger partial charge in [-0.2, -0.15) is 17.8 Å². The Morgan fingerprint density at radius 3 is 2.68 bits per heavy atom. The van der Waals surface area contributed by atoms with Gasteiger partial charge in [-0.15, -0.1) is 0 Å². The monoisotopic (exact) mass is 559 g/mol. The molecule has 3 atom stereocenters. The Kier molecular flexibility index (Phi) is 7.38. The van der Waals surface area contributed by atoms with E-state index < -0.39 is 10.2 Å². The largest absolute Gasteiger partial charge is 0.330 e.